The highest BCUT2D eigenvalue weighted by molar-refractivity contribution is 6.01. The summed E-state index contributed by atoms with van der Waals surface area (Å²) in [6.07, 6.45) is 0. The van der Waals surface area contributed by atoms with Gasteiger partial charge in [-0.1, -0.05) is 30.3 Å². The lowest BCUT2D eigenvalue weighted by atomic mass is 10.1. The summed E-state index contributed by atoms with van der Waals surface area (Å²) in [5, 5.41) is 6.48. The zero-order valence-corrected chi connectivity index (χ0v) is 14.6. The first-order valence-electron chi connectivity index (χ1n) is 8.17. The van der Waals surface area contributed by atoms with Crippen molar-refractivity contribution in [3.8, 4) is 0 Å². The van der Waals surface area contributed by atoms with Crippen LogP contribution in [0.5, 0.6) is 0 Å². The Balaban J connectivity index is 1.64. The minimum atomic E-state index is -0.300. The Kier molecular flexibility index (Phi) is 4.57. The van der Waals surface area contributed by atoms with Gasteiger partial charge in [0, 0.05) is 16.6 Å². The quantitative estimate of drug-likeness (QED) is 0.683. The second kappa shape index (κ2) is 6.81. The van der Waals surface area contributed by atoms with E-state index in [1.54, 1.807) is 6.07 Å². The Hall–Kier alpha value is -3.08. The SMILES string of the molecule is Cc1ccc2cc(C(=O)NCC(=O)Nc3c(C)cccc3C)[nH]c2c1. The van der Waals surface area contributed by atoms with Crippen LogP contribution in [0.2, 0.25) is 0 Å². The number of nitrogens with one attached hydrogen (secondary N) is 3. The van der Waals surface area contributed by atoms with Crippen molar-refractivity contribution in [2.75, 3.05) is 11.9 Å². The minimum Gasteiger partial charge on any atom is -0.351 e. The standard InChI is InChI=1S/C20H21N3O2/c1-12-7-8-15-10-17(22-16(15)9-12)20(25)21-11-18(24)23-19-13(2)5-4-6-14(19)3/h4-10,22H,11H2,1-3H3,(H,21,25)(H,23,24). The Bertz CT molecular complexity index is 936. The molecular formula is C20H21N3O2. The van der Waals surface area contributed by atoms with Crippen LogP contribution in [0.25, 0.3) is 10.9 Å². The Labute approximate surface area is 146 Å². The molecule has 1 aromatic heterocycles. The number of H-pyrrole nitrogens is 1. The van der Waals surface area contributed by atoms with Crippen molar-refractivity contribution >= 4 is 28.4 Å². The van der Waals surface area contributed by atoms with Crippen molar-refractivity contribution in [3.05, 3.63) is 64.8 Å². The smallest absolute Gasteiger partial charge is 0.268 e. The van der Waals surface area contributed by atoms with Crippen LogP contribution < -0.4 is 10.6 Å². The summed E-state index contributed by atoms with van der Waals surface area (Å²) in [4.78, 5) is 27.5. The van der Waals surface area contributed by atoms with Gasteiger partial charge < -0.3 is 15.6 Å². The number of carbonyl (C=O) groups is 2. The lowest BCUT2D eigenvalue weighted by molar-refractivity contribution is -0.115. The molecule has 5 nitrogen and oxygen atoms in total. The maximum Gasteiger partial charge on any atom is 0.268 e. The predicted molar refractivity (Wildman–Crippen MR) is 99.9 cm³/mol. The predicted octanol–water partition coefficient (Wildman–Crippen LogP) is 3.46. The lowest BCUT2D eigenvalue weighted by Gasteiger charge is -2.11. The monoisotopic (exact) mass is 335 g/mol. The van der Waals surface area contributed by atoms with Crippen LogP contribution >= 0.6 is 0 Å². The molecule has 5 heteroatoms. The van der Waals surface area contributed by atoms with Gasteiger partial charge in [-0.3, -0.25) is 9.59 Å². The third kappa shape index (κ3) is 3.71. The van der Waals surface area contributed by atoms with Crippen molar-refractivity contribution in [2.45, 2.75) is 20.8 Å². The maximum absolute atomic E-state index is 12.3. The summed E-state index contributed by atoms with van der Waals surface area (Å²) in [6, 6.07) is 13.6. The van der Waals surface area contributed by atoms with Gasteiger partial charge in [0.2, 0.25) is 5.91 Å². The molecule has 1 heterocycles. The van der Waals surface area contributed by atoms with E-state index in [0.717, 1.165) is 33.3 Å². The van der Waals surface area contributed by atoms with E-state index in [1.807, 2.05) is 57.2 Å². The average Bonchev–Trinajstić information content (AvgIpc) is 2.99. The van der Waals surface area contributed by atoms with Gasteiger partial charge in [0.15, 0.2) is 0 Å². The van der Waals surface area contributed by atoms with E-state index >= 15 is 0 Å². The first-order chi connectivity index (χ1) is 11.9. The van der Waals surface area contributed by atoms with Crippen molar-refractivity contribution in [1.29, 1.82) is 0 Å². The van der Waals surface area contributed by atoms with Crippen LogP contribution in [0.3, 0.4) is 0 Å². The molecule has 0 aliphatic carbocycles. The molecule has 0 saturated heterocycles. The third-order valence-electron chi connectivity index (χ3n) is 4.18. The number of benzene rings is 2. The van der Waals surface area contributed by atoms with Gasteiger partial charge in [0.05, 0.1) is 6.54 Å². The topological polar surface area (TPSA) is 74.0 Å². The second-order valence-corrected chi connectivity index (χ2v) is 6.27. The molecule has 0 aliphatic heterocycles. The van der Waals surface area contributed by atoms with Gasteiger partial charge >= 0.3 is 0 Å². The zero-order chi connectivity index (χ0) is 18.0. The number of aromatic nitrogens is 1. The molecule has 0 atom stereocenters. The van der Waals surface area contributed by atoms with Crippen molar-refractivity contribution in [1.82, 2.24) is 10.3 Å². The Morgan fingerprint density at radius 3 is 2.44 bits per heavy atom. The molecule has 0 radical (unpaired) electrons. The average molecular weight is 335 g/mol. The van der Waals surface area contributed by atoms with Gasteiger partial charge in [-0.15, -0.1) is 0 Å². The number of aromatic amines is 1. The van der Waals surface area contributed by atoms with Crippen LogP contribution in [0.15, 0.2) is 42.5 Å². The minimum absolute atomic E-state index is 0.0823. The molecule has 2 aromatic carbocycles. The molecule has 0 fully saturated rings. The number of aryl methyl sites for hydroxylation is 3. The molecular weight excluding hydrogens is 314 g/mol. The summed E-state index contributed by atoms with van der Waals surface area (Å²) in [5.41, 5.74) is 5.25. The molecule has 0 bridgehead atoms. The number of anilines is 1. The van der Waals surface area contributed by atoms with Gasteiger partial charge in [-0.25, -0.2) is 0 Å². The van der Waals surface area contributed by atoms with Gasteiger partial charge in [-0.05, 0) is 49.6 Å². The summed E-state index contributed by atoms with van der Waals surface area (Å²) in [5.74, 6) is -0.553. The third-order valence-corrected chi connectivity index (χ3v) is 4.18. The molecule has 3 N–H and O–H groups in total. The summed E-state index contributed by atoms with van der Waals surface area (Å²) in [6.45, 7) is 5.79. The fourth-order valence-corrected chi connectivity index (χ4v) is 2.81. The number of carbonyl (C=O) groups excluding carboxylic acids is 2. The molecule has 0 spiro atoms. The van der Waals surface area contributed by atoms with E-state index in [4.69, 9.17) is 0 Å². The Morgan fingerprint density at radius 1 is 1.00 bits per heavy atom. The molecule has 0 aliphatic rings. The highest BCUT2D eigenvalue weighted by Crippen LogP contribution is 2.19. The zero-order valence-electron chi connectivity index (χ0n) is 14.6. The van der Waals surface area contributed by atoms with Crippen LogP contribution in [0.4, 0.5) is 5.69 Å². The summed E-state index contributed by atoms with van der Waals surface area (Å²) in [7, 11) is 0. The maximum atomic E-state index is 12.3. The number of hydrogen-bond acceptors (Lipinski definition) is 2. The molecule has 3 rings (SSSR count). The molecule has 0 saturated carbocycles. The number of para-hydroxylation sites is 1. The molecule has 25 heavy (non-hydrogen) atoms. The van der Waals surface area contributed by atoms with Crippen molar-refractivity contribution in [2.24, 2.45) is 0 Å². The number of rotatable bonds is 4. The van der Waals surface area contributed by atoms with E-state index in [0.29, 0.717) is 5.69 Å². The van der Waals surface area contributed by atoms with E-state index in [2.05, 4.69) is 15.6 Å². The fourth-order valence-electron chi connectivity index (χ4n) is 2.81. The summed E-state index contributed by atoms with van der Waals surface area (Å²) < 4.78 is 0. The van der Waals surface area contributed by atoms with Gasteiger partial charge in [-0.2, -0.15) is 0 Å². The van der Waals surface area contributed by atoms with E-state index in [-0.39, 0.29) is 18.4 Å². The van der Waals surface area contributed by atoms with E-state index < -0.39 is 0 Å². The van der Waals surface area contributed by atoms with Crippen molar-refractivity contribution < 1.29 is 9.59 Å². The number of hydrogen-bond donors (Lipinski definition) is 3. The van der Waals surface area contributed by atoms with Crippen LogP contribution in [0.1, 0.15) is 27.2 Å². The van der Waals surface area contributed by atoms with Crippen LogP contribution in [-0.2, 0) is 4.79 Å². The van der Waals surface area contributed by atoms with E-state index in [9.17, 15) is 9.59 Å². The molecule has 3 aromatic rings. The van der Waals surface area contributed by atoms with Crippen molar-refractivity contribution in [3.63, 3.8) is 0 Å². The molecule has 0 unspecified atom stereocenters. The molecule has 128 valence electrons. The van der Waals surface area contributed by atoms with Gasteiger partial charge in [0.25, 0.3) is 5.91 Å². The first kappa shape index (κ1) is 16.8. The second-order valence-electron chi connectivity index (χ2n) is 6.27. The Morgan fingerprint density at radius 2 is 1.72 bits per heavy atom. The normalized spacial score (nSPS) is 10.7. The van der Waals surface area contributed by atoms with Gasteiger partial charge in [0.1, 0.15) is 5.69 Å². The first-order valence-corrected chi connectivity index (χ1v) is 8.17. The van der Waals surface area contributed by atoms with Crippen LogP contribution in [0, 0.1) is 20.8 Å². The highest BCUT2D eigenvalue weighted by atomic mass is 16.2. The lowest BCUT2D eigenvalue weighted by Crippen LogP contribution is -2.33. The van der Waals surface area contributed by atoms with Crippen LogP contribution in [-0.4, -0.2) is 23.3 Å². The fraction of sp³-hybridized carbons (Fsp3) is 0.200. The summed E-state index contributed by atoms with van der Waals surface area (Å²) >= 11 is 0. The highest BCUT2D eigenvalue weighted by Gasteiger charge is 2.12. The van der Waals surface area contributed by atoms with E-state index in [1.165, 1.54) is 0 Å². The number of fused-ring (bicyclic) bond motifs is 1. The number of amides is 2. The molecule has 2 amide bonds. The largest absolute Gasteiger partial charge is 0.351 e.